The van der Waals surface area contributed by atoms with Crippen molar-refractivity contribution >= 4 is 78.0 Å². The van der Waals surface area contributed by atoms with Crippen LogP contribution in [0.4, 0.5) is 34.1 Å². The van der Waals surface area contributed by atoms with Gasteiger partial charge in [-0.3, -0.25) is 0 Å². The number of rotatable bonds is 3. The zero-order valence-electron chi connectivity index (χ0n) is 48.1. The van der Waals surface area contributed by atoms with Crippen LogP contribution in [0.15, 0.2) is 103 Å². The van der Waals surface area contributed by atoms with Gasteiger partial charge in [-0.2, -0.15) is 0 Å². The lowest BCUT2D eigenvalue weighted by atomic mass is 9.35. The fraction of sp³-hybridized carbons (Fsp3) is 0.406. The molecule has 0 fully saturated rings. The third-order valence-electron chi connectivity index (χ3n) is 18.0. The van der Waals surface area contributed by atoms with Gasteiger partial charge in [0, 0.05) is 43.2 Å². The summed E-state index contributed by atoms with van der Waals surface area (Å²) in [6.07, 6.45) is 6.73. The molecule has 3 aliphatic carbocycles. The summed E-state index contributed by atoms with van der Waals surface area (Å²) in [5.74, 6) is 0. The van der Waals surface area contributed by atoms with E-state index in [-0.39, 0.29) is 75.0 Å². The highest BCUT2D eigenvalue weighted by Gasteiger charge is 2.49. The average Bonchev–Trinajstić information content (AvgIpc) is 3.70. The van der Waals surface area contributed by atoms with Crippen LogP contribution in [-0.4, -0.2) is 6.71 Å². The minimum Gasteiger partial charge on any atom is -0.311 e. The predicted octanol–water partition coefficient (Wildman–Crippen LogP) is 16.3. The Balaban J connectivity index is 1.25. The molecule has 0 radical (unpaired) electrons. The number of thiophene rings is 1. The minimum absolute atomic E-state index is 0.00591. The molecule has 0 bridgehead atoms. The summed E-state index contributed by atoms with van der Waals surface area (Å²) < 4.78 is 47.8. The molecule has 68 heavy (non-hydrogen) atoms. The minimum atomic E-state index is -0.385. The summed E-state index contributed by atoms with van der Waals surface area (Å²) in [4.78, 5) is 5.07. The highest BCUT2D eigenvalue weighted by atomic mass is 32.1. The topological polar surface area (TPSA) is 6.48 Å². The Bertz CT molecular complexity index is 3560. The second-order valence-electron chi connectivity index (χ2n) is 25.5. The number of anilines is 6. The van der Waals surface area contributed by atoms with Gasteiger partial charge in [0.2, 0.25) is 0 Å². The summed E-state index contributed by atoms with van der Waals surface area (Å²) in [5, 5.41) is 1.20. The van der Waals surface area contributed by atoms with Crippen LogP contribution in [0.3, 0.4) is 0 Å². The second-order valence-corrected chi connectivity index (χ2v) is 26.6. The van der Waals surface area contributed by atoms with Gasteiger partial charge in [0.25, 0.3) is 6.71 Å². The van der Waals surface area contributed by atoms with E-state index in [1.54, 1.807) is 0 Å². The van der Waals surface area contributed by atoms with Crippen molar-refractivity contribution in [2.24, 2.45) is 0 Å². The average molecular weight is 916 g/mol. The summed E-state index contributed by atoms with van der Waals surface area (Å²) in [6.45, 7) is 33.3. The van der Waals surface area contributed by atoms with Gasteiger partial charge in [0.15, 0.2) is 0 Å². The van der Waals surface area contributed by atoms with Gasteiger partial charge in [0.1, 0.15) is 0 Å². The van der Waals surface area contributed by atoms with Crippen LogP contribution < -0.4 is 25.5 Å². The molecule has 6 aromatic carbocycles. The van der Waals surface area contributed by atoms with Crippen molar-refractivity contribution in [3.63, 3.8) is 0 Å². The molecule has 0 unspecified atom stereocenters. The number of nitrogens with zero attached hydrogens (tertiary/aromatic N) is 2. The lowest BCUT2D eigenvalue weighted by molar-refractivity contribution is 0.332. The molecule has 0 saturated heterocycles. The lowest BCUT2D eigenvalue weighted by Gasteiger charge is -2.47. The van der Waals surface area contributed by atoms with E-state index in [1.165, 1.54) is 76.2 Å². The van der Waals surface area contributed by atoms with Crippen molar-refractivity contribution < 1.29 is 6.85 Å². The zero-order valence-corrected chi connectivity index (χ0v) is 43.9. The van der Waals surface area contributed by atoms with E-state index in [9.17, 15) is 2.74 Å². The van der Waals surface area contributed by atoms with Crippen molar-refractivity contribution in [3.05, 3.63) is 148 Å². The molecule has 5 aliphatic rings. The summed E-state index contributed by atoms with van der Waals surface area (Å²) in [7, 11) is 0. The SMILES string of the molecule is [2H]c1c([2H])c([2H])c(-c2ccc(C)cc2N2c3cc(C)cc4c3B(c3cc5c(cc3N4c3ccc4c(c3)C(C)(C)CCC4(C)C)C(C)(C)CCC5(C)C)c3sc4cc5c(cc4c32)C(C)(C)CCC5(C)C)c([2H])c1[2H]. The van der Waals surface area contributed by atoms with Gasteiger partial charge in [0.05, 0.1) is 18.2 Å². The monoisotopic (exact) mass is 916 g/mol. The van der Waals surface area contributed by atoms with Crippen LogP contribution in [-0.2, 0) is 32.5 Å². The Morgan fingerprint density at radius 2 is 1.00 bits per heavy atom. The van der Waals surface area contributed by atoms with Crippen LogP contribution in [0.5, 0.6) is 0 Å². The van der Waals surface area contributed by atoms with Crippen LogP contribution in [0.2, 0.25) is 0 Å². The summed E-state index contributed by atoms with van der Waals surface area (Å²) >= 11 is 1.93. The van der Waals surface area contributed by atoms with Gasteiger partial charge in [-0.1, -0.05) is 138 Å². The number of fused-ring (bicyclic) bond motifs is 9. The molecule has 346 valence electrons. The number of hydrogen-bond donors (Lipinski definition) is 0. The molecule has 0 atom stereocenters. The Labute approximate surface area is 419 Å². The van der Waals surface area contributed by atoms with Crippen molar-refractivity contribution in [2.75, 3.05) is 9.80 Å². The van der Waals surface area contributed by atoms with Gasteiger partial charge < -0.3 is 9.80 Å². The van der Waals surface area contributed by atoms with Crippen LogP contribution in [0.25, 0.3) is 21.2 Å². The van der Waals surface area contributed by atoms with Crippen molar-refractivity contribution in [2.45, 2.75) is 168 Å². The van der Waals surface area contributed by atoms with E-state index in [0.717, 1.165) is 66.7 Å². The second kappa shape index (κ2) is 14.3. The molecule has 0 amide bonds. The first-order valence-corrected chi connectivity index (χ1v) is 26.2. The standard InChI is InChI=1S/C64H71BN2S/c1-38-20-22-42(40-18-16-15-17-19-40)51(30-38)67-54-32-39(2)31-53-56(54)65(58-57(67)43-34-46-49(37-55(43)68-58)64(13,14)29-26-61(46,7)8)50-35-47-48(63(11,12)28-27-62(47,9)10)36-52(50)66(53)41-21-23-44-45(33-41)60(5,6)25-24-59(44,3)4/h15-23,30-37H,24-29H2,1-14H3/i15D,16D,17D,18D,19D. The molecule has 3 heterocycles. The number of hydrogen-bond acceptors (Lipinski definition) is 3. The lowest BCUT2D eigenvalue weighted by Crippen LogP contribution is -2.61. The smallest absolute Gasteiger partial charge is 0.264 e. The molecule has 2 nitrogen and oxygen atoms in total. The highest BCUT2D eigenvalue weighted by molar-refractivity contribution is 7.33. The van der Waals surface area contributed by atoms with Gasteiger partial charge in [-0.25, -0.2) is 0 Å². The first-order chi connectivity index (χ1) is 34.0. The number of aryl methyl sites for hydroxylation is 2. The molecular formula is C64H71BN2S. The molecule has 7 aromatic rings. The van der Waals surface area contributed by atoms with E-state index >= 15 is 0 Å². The van der Waals surface area contributed by atoms with Gasteiger partial charge in [-0.05, 0) is 194 Å². The molecule has 0 N–H and O–H groups in total. The predicted molar refractivity (Wildman–Crippen MR) is 297 cm³/mol. The molecule has 4 heteroatoms. The van der Waals surface area contributed by atoms with Crippen molar-refractivity contribution in [3.8, 4) is 11.1 Å². The van der Waals surface area contributed by atoms with E-state index in [2.05, 4.69) is 167 Å². The Morgan fingerprint density at radius 3 is 1.62 bits per heavy atom. The largest absolute Gasteiger partial charge is 0.311 e. The van der Waals surface area contributed by atoms with Crippen LogP contribution >= 0.6 is 11.3 Å². The van der Waals surface area contributed by atoms with Crippen molar-refractivity contribution in [1.29, 1.82) is 0 Å². The quantitative estimate of drug-likeness (QED) is 0.163. The highest BCUT2D eigenvalue weighted by Crippen LogP contribution is 2.56. The third kappa shape index (κ3) is 6.33. The van der Waals surface area contributed by atoms with Crippen molar-refractivity contribution in [1.82, 2.24) is 0 Å². The fourth-order valence-electron chi connectivity index (χ4n) is 13.4. The van der Waals surface area contributed by atoms with Gasteiger partial charge in [-0.15, -0.1) is 11.3 Å². The van der Waals surface area contributed by atoms with Crippen LogP contribution in [0, 0.1) is 13.8 Å². The molecule has 0 saturated carbocycles. The zero-order chi connectivity index (χ0) is 52.2. The fourth-order valence-corrected chi connectivity index (χ4v) is 14.7. The van der Waals surface area contributed by atoms with Crippen LogP contribution in [0.1, 0.15) is 173 Å². The van der Waals surface area contributed by atoms with E-state index in [0.29, 0.717) is 5.56 Å². The van der Waals surface area contributed by atoms with E-state index in [1.807, 2.05) is 23.5 Å². The summed E-state index contributed by atoms with van der Waals surface area (Å²) in [6, 6.07) is 27.2. The third-order valence-corrected chi connectivity index (χ3v) is 19.2. The maximum absolute atomic E-state index is 9.42. The number of benzene rings is 6. The molecule has 12 rings (SSSR count). The first kappa shape index (κ1) is 38.8. The first-order valence-electron chi connectivity index (χ1n) is 27.9. The van der Waals surface area contributed by atoms with E-state index < -0.39 is 0 Å². The van der Waals surface area contributed by atoms with Gasteiger partial charge >= 0.3 is 0 Å². The molecule has 0 spiro atoms. The Kier molecular flexibility index (Phi) is 8.14. The Morgan fingerprint density at radius 1 is 0.485 bits per heavy atom. The maximum atomic E-state index is 9.42. The Hall–Kier alpha value is -5.06. The maximum Gasteiger partial charge on any atom is 0.264 e. The molecule has 1 aromatic heterocycles. The summed E-state index contributed by atoms with van der Waals surface area (Å²) in [5.41, 5.74) is 20.7. The van der Waals surface area contributed by atoms with E-state index in [4.69, 9.17) is 4.11 Å². The molecular weight excluding hydrogens is 840 g/mol. The normalized spacial score (nSPS) is 21.5. The molecule has 2 aliphatic heterocycles.